The number of hydrogen-bond acceptors (Lipinski definition) is 2. The van der Waals surface area contributed by atoms with Crippen LogP contribution in [0.5, 0.6) is 5.75 Å². The lowest BCUT2D eigenvalue weighted by Gasteiger charge is -2.09. The van der Waals surface area contributed by atoms with E-state index in [9.17, 15) is 8.78 Å². The van der Waals surface area contributed by atoms with E-state index in [0.29, 0.717) is 6.54 Å². The smallest absolute Gasteiger partial charge is 0.267 e. The second-order valence-corrected chi connectivity index (χ2v) is 3.62. The molecule has 2 N–H and O–H groups in total. The molecule has 4 heteroatoms. The number of nitrogens with two attached hydrogens (primary N) is 1. The van der Waals surface area contributed by atoms with Gasteiger partial charge in [-0.25, -0.2) is 8.78 Å². The van der Waals surface area contributed by atoms with E-state index in [2.05, 4.69) is 0 Å². The van der Waals surface area contributed by atoms with Crippen molar-refractivity contribution in [3.05, 3.63) is 29.3 Å². The Bertz CT molecular complexity index is 329. The van der Waals surface area contributed by atoms with Crippen LogP contribution in [0.3, 0.4) is 0 Å². The van der Waals surface area contributed by atoms with Gasteiger partial charge in [0.25, 0.3) is 6.43 Å². The number of benzene rings is 1. The number of alkyl halides is 2. The van der Waals surface area contributed by atoms with Crippen LogP contribution in [0.25, 0.3) is 0 Å². The maximum absolute atomic E-state index is 12.7. The molecule has 0 heterocycles. The van der Waals surface area contributed by atoms with Gasteiger partial charge in [0.1, 0.15) is 5.75 Å². The number of unbranched alkanes of at least 4 members (excludes halogenated alkanes) is 1. The first-order valence-corrected chi connectivity index (χ1v) is 5.34. The van der Waals surface area contributed by atoms with Gasteiger partial charge in [-0.2, -0.15) is 0 Å². The van der Waals surface area contributed by atoms with Gasteiger partial charge in [0.2, 0.25) is 0 Å². The highest BCUT2D eigenvalue weighted by Crippen LogP contribution is 2.30. The first-order valence-electron chi connectivity index (χ1n) is 5.34. The van der Waals surface area contributed by atoms with Crippen LogP contribution in [0.1, 0.15) is 30.4 Å². The fourth-order valence-electron chi connectivity index (χ4n) is 1.58. The number of hydrogen-bond donors (Lipinski definition) is 1. The van der Waals surface area contributed by atoms with E-state index in [1.54, 1.807) is 6.07 Å². The highest BCUT2D eigenvalue weighted by Gasteiger charge is 2.14. The summed E-state index contributed by atoms with van der Waals surface area (Å²) in [6, 6.07) is 4.93. The Kier molecular flexibility index (Phi) is 5.19. The van der Waals surface area contributed by atoms with Gasteiger partial charge >= 0.3 is 0 Å². The maximum atomic E-state index is 12.7. The van der Waals surface area contributed by atoms with Crippen LogP contribution in [0.2, 0.25) is 0 Å². The van der Waals surface area contributed by atoms with Crippen LogP contribution in [0, 0.1) is 0 Å². The maximum Gasteiger partial charge on any atom is 0.267 e. The van der Waals surface area contributed by atoms with Gasteiger partial charge in [-0.15, -0.1) is 0 Å². The van der Waals surface area contributed by atoms with Gasteiger partial charge in [0.05, 0.1) is 12.7 Å². The third-order valence-corrected chi connectivity index (χ3v) is 2.45. The molecule has 0 aliphatic rings. The Balaban J connectivity index is 2.77. The summed E-state index contributed by atoms with van der Waals surface area (Å²) < 4.78 is 30.3. The van der Waals surface area contributed by atoms with Crippen LogP contribution >= 0.6 is 0 Å². The summed E-state index contributed by atoms with van der Waals surface area (Å²) in [7, 11) is 1.40. The average Bonchev–Trinajstić information content (AvgIpc) is 2.29. The standard InChI is InChI=1S/C12H17F2NO/c1-16-11-6-5-9(4-2-3-7-15)8-10(11)12(13)14/h5-6,8,12H,2-4,7,15H2,1H3. The molecule has 0 amide bonds. The highest BCUT2D eigenvalue weighted by molar-refractivity contribution is 5.38. The molecule has 90 valence electrons. The van der Waals surface area contributed by atoms with Gasteiger partial charge in [-0.3, -0.25) is 0 Å². The molecule has 0 atom stereocenters. The van der Waals surface area contributed by atoms with Gasteiger partial charge in [0, 0.05) is 0 Å². The van der Waals surface area contributed by atoms with Gasteiger partial charge < -0.3 is 10.5 Å². The molecule has 1 rings (SSSR count). The van der Waals surface area contributed by atoms with E-state index in [4.69, 9.17) is 10.5 Å². The molecule has 2 nitrogen and oxygen atoms in total. The van der Waals surface area contributed by atoms with Crippen molar-refractivity contribution in [2.24, 2.45) is 5.73 Å². The van der Waals surface area contributed by atoms with Crippen LogP contribution in [0.15, 0.2) is 18.2 Å². The summed E-state index contributed by atoms with van der Waals surface area (Å²) in [5.74, 6) is 0.248. The molecule has 0 bridgehead atoms. The zero-order valence-electron chi connectivity index (χ0n) is 9.38. The van der Waals surface area contributed by atoms with E-state index in [1.165, 1.54) is 13.2 Å². The van der Waals surface area contributed by atoms with Crippen LogP contribution in [-0.4, -0.2) is 13.7 Å². The van der Waals surface area contributed by atoms with Crippen LogP contribution < -0.4 is 10.5 Å². The fourth-order valence-corrected chi connectivity index (χ4v) is 1.58. The molecule has 0 aromatic heterocycles. The third kappa shape index (κ3) is 3.45. The molecular formula is C12H17F2NO. The first kappa shape index (κ1) is 12.9. The SMILES string of the molecule is COc1ccc(CCCCN)cc1C(F)F. The number of methoxy groups -OCH3 is 1. The molecule has 0 saturated carbocycles. The lowest BCUT2D eigenvalue weighted by atomic mass is 10.0. The zero-order chi connectivity index (χ0) is 12.0. The van der Waals surface area contributed by atoms with Gasteiger partial charge in [-0.05, 0) is 43.5 Å². The Labute approximate surface area is 94.4 Å². The number of ether oxygens (including phenoxy) is 1. The summed E-state index contributed by atoms with van der Waals surface area (Å²) in [6.07, 6.45) is 0.118. The van der Waals surface area contributed by atoms with Crippen LogP contribution in [-0.2, 0) is 6.42 Å². The molecule has 0 saturated heterocycles. The normalized spacial score (nSPS) is 10.8. The van der Waals surface area contributed by atoms with Crippen molar-refractivity contribution in [2.45, 2.75) is 25.7 Å². The molecule has 0 radical (unpaired) electrons. The predicted octanol–water partition coefficient (Wildman–Crippen LogP) is 2.91. The molecule has 0 aliphatic heterocycles. The Morgan fingerprint density at radius 1 is 1.31 bits per heavy atom. The zero-order valence-corrected chi connectivity index (χ0v) is 9.38. The van der Waals surface area contributed by atoms with Crippen molar-refractivity contribution in [2.75, 3.05) is 13.7 Å². The lowest BCUT2D eigenvalue weighted by Crippen LogP contribution is -2.00. The molecule has 0 unspecified atom stereocenters. The molecule has 1 aromatic carbocycles. The lowest BCUT2D eigenvalue weighted by molar-refractivity contribution is 0.147. The van der Waals surface area contributed by atoms with Crippen molar-refractivity contribution in [3.8, 4) is 5.75 Å². The van der Waals surface area contributed by atoms with Crippen molar-refractivity contribution in [1.29, 1.82) is 0 Å². The second-order valence-electron chi connectivity index (χ2n) is 3.62. The topological polar surface area (TPSA) is 35.2 Å². The monoisotopic (exact) mass is 229 g/mol. The quantitative estimate of drug-likeness (QED) is 0.761. The summed E-state index contributed by atoms with van der Waals surface area (Å²) in [6.45, 7) is 0.637. The number of rotatable bonds is 6. The number of aryl methyl sites for hydroxylation is 1. The minimum Gasteiger partial charge on any atom is -0.496 e. The molecule has 0 fully saturated rings. The second kappa shape index (κ2) is 6.43. The summed E-state index contributed by atoms with van der Waals surface area (Å²) in [4.78, 5) is 0. The first-order chi connectivity index (χ1) is 7.69. The van der Waals surface area contributed by atoms with E-state index in [1.807, 2.05) is 6.07 Å². The third-order valence-electron chi connectivity index (χ3n) is 2.45. The van der Waals surface area contributed by atoms with E-state index in [-0.39, 0.29) is 11.3 Å². The van der Waals surface area contributed by atoms with Gasteiger partial charge in [0.15, 0.2) is 0 Å². The van der Waals surface area contributed by atoms with Crippen molar-refractivity contribution in [1.82, 2.24) is 0 Å². The molecular weight excluding hydrogens is 212 g/mol. The molecule has 16 heavy (non-hydrogen) atoms. The number of halogens is 2. The molecule has 0 spiro atoms. The van der Waals surface area contributed by atoms with Crippen LogP contribution in [0.4, 0.5) is 8.78 Å². The van der Waals surface area contributed by atoms with E-state index < -0.39 is 6.43 Å². The average molecular weight is 229 g/mol. The van der Waals surface area contributed by atoms with E-state index >= 15 is 0 Å². The molecule has 0 aliphatic carbocycles. The largest absolute Gasteiger partial charge is 0.496 e. The Morgan fingerprint density at radius 2 is 2.06 bits per heavy atom. The predicted molar refractivity (Wildman–Crippen MR) is 59.9 cm³/mol. The minimum atomic E-state index is -2.50. The van der Waals surface area contributed by atoms with Gasteiger partial charge in [-0.1, -0.05) is 6.07 Å². The Morgan fingerprint density at radius 3 is 2.62 bits per heavy atom. The summed E-state index contributed by atoms with van der Waals surface area (Å²) in [5, 5.41) is 0. The van der Waals surface area contributed by atoms with Crippen molar-refractivity contribution < 1.29 is 13.5 Å². The highest BCUT2D eigenvalue weighted by atomic mass is 19.3. The van der Waals surface area contributed by atoms with Crippen molar-refractivity contribution >= 4 is 0 Å². The van der Waals surface area contributed by atoms with E-state index in [0.717, 1.165) is 24.8 Å². The molecule has 1 aromatic rings. The Hall–Kier alpha value is -1.16. The summed E-state index contributed by atoms with van der Waals surface area (Å²) in [5.41, 5.74) is 6.25. The summed E-state index contributed by atoms with van der Waals surface area (Å²) >= 11 is 0. The fraction of sp³-hybridized carbons (Fsp3) is 0.500. The van der Waals surface area contributed by atoms with Crippen molar-refractivity contribution in [3.63, 3.8) is 0 Å². The minimum absolute atomic E-state index is 0.0345.